The van der Waals surface area contributed by atoms with Crippen LogP contribution in [-0.4, -0.2) is 10.9 Å². The second kappa shape index (κ2) is 2.74. The summed E-state index contributed by atoms with van der Waals surface area (Å²) in [6.45, 7) is 0. The third-order valence-electron chi connectivity index (χ3n) is 1.64. The van der Waals surface area contributed by atoms with Gasteiger partial charge in [0.15, 0.2) is 5.82 Å². The molecule has 13 heavy (non-hydrogen) atoms. The number of carbonyl (C=O) groups excluding carboxylic acids is 1. The molecule has 0 aromatic carbocycles. The molecular weight excluding hydrogens is 170 g/mol. The lowest BCUT2D eigenvalue weighted by Crippen LogP contribution is -2.25. The van der Waals surface area contributed by atoms with Crippen molar-refractivity contribution in [3.8, 4) is 0 Å². The standard InChI is InChI=1S/C7H7N5O/c8-6(13)5-3-1-2-4-12-7(5)9-10-11-12/h1-4H,(H2,8,13)(H,9,11). The summed E-state index contributed by atoms with van der Waals surface area (Å²) in [5.41, 5.74) is 8.08. The highest BCUT2D eigenvalue weighted by Crippen LogP contribution is 2.18. The molecule has 0 aliphatic carbocycles. The average molecular weight is 177 g/mol. The number of rotatable bonds is 1. The van der Waals surface area contributed by atoms with E-state index in [-0.39, 0.29) is 0 Å². The fourth-order valence-electron chi connectivity index (χ4n) is 1.06. The summed E-state index contributed by atoms with van der Waals surface area (Å²) in [5.74, 6) is -0.111. The number of primary amides is 1. The Morgan fingerprint density at radius 3 is 3.15 bits per heavy atom. The zero-order valence-electron chi connectivity index (χ0n) is 6.64. The van der Waals surface area contributed by atoms with Gasteiger partial charge in [0.2, 0.25) is 0 Å². The van der Waals surface area contributed by atoms with Gasteiger partial charge >= 0.3 is 0 Å². The number of allylic oxidation sites excluding steroid dienone is 2. The lowest BCUT2D eigenvalue weighted by molar-refractivity contribution is -0.114. The highest BCUT2D eigenvalue weighted by atomic mass is 16.1. The van der Waals surface area contributed by atoms with Gasteiger partial charge in [-0.3, -0.25) is 4.79 Å². The number of amides is 1. The van der Waals surface area contributed by atoms with E-state index < -0.39 is 5.91 Å². The molecule has 0 radical (unpaired) electrons. The third kappa shape index (κ3) is 1.18. The second-order valence-electron chi connectivity index (χ2n) is 2.47. The number of carbonyl (C=O) groups is 1. The molecule has 0 spiro atoms. The van der Waals surface area contributed by atoms with Crippen LogP contribution in [0.4, 0.5) is 0 Å². The van der Waals surface area contributed by atoms with E-state index in [2.05, 4.69) is 15.9 Å². The molecule has 0 fully saturated rings. The van der Waals surface area contributed by atoms with Crippen molar-refractivity contribution < 1.29 is 4.79 Å². The van der Waals surface area contributed by atoms with Crippen LogP contribution in [0.15, 0.2) is 46.2 Å². The molecule has 2 aliphatic rings. The van der Waals surface area contributed by atoms with Crippen LogP contribution in [0.2, 0.25) is 0 Å². The van der Waals surface area contributed by atoms with Crippen LogP contribution >= 0.6 is 0 Å². The van der Waals surface area contributed by atoms with E-state index in [1.807, 2.05) is 0 Å². The number of nitrogens with zero attached hydrogens (tertiary/aromatic N) is 3. The molecule has 0 bridgehead atoms. The minimum absolute atomic E-state index is 0.332. The number of hydrogen-bond acceptors (Lipinski definition) is 5. The van der Waals surface area contributed by atoms with Gasteiger partial charge < -0.3 is 5.73 Å². The summed E-state index contributed by atoms with van der Waals surface area (Å²) in [6.07, 6.45) is 6.75. The second-order valence-corrected chi connectivity index (χ2v) is 2.47. The maximum Gasteiger partial charge on any atom is 0.252 e. The van der Waals surface area contributed by atoms with Gasteiger partial charge in [-0.15, -0.1) is 5.11 Å². The summed E-state index contributed by atoms with van der Waals surface area (Å²) >= 11 is 0. The Hall–Kier alpha value is -2.11. The van der Waals surface area contributed by atoms with Crippen molar-refractivity contribution >= 4 is 5.91 Å². The first-order valence-corrected chi connectivity index (χ1v) is 3.63. The predicted octanol–water partition coefficient (Wildman–Crippen LogP) is -0.0458. The van der Waals surface area contributed by atoms with E-state index >= 15 is 0 Å². The molecule has 0 aromatic rings. The monoisotopic (exact) mass is 177 g/mol. The van der Waals surface area contributed by atoms with Gasteiger partial charge in [-0.1, -0.05) is 11.3 Å². The van der Waals surface area contributed by atoms with Crippen molar-refractivity contribution in [2.24, 2.45) is 16.1 Å². The molecule has 2 aliphatic heterocycles. The molecule has 0 atom stereocenters. The number of fused-ring (bicyclic) bond motifs is 1. The van der Waals surface area contributed by atoms with Crippen molar-refractivity contribution in [1.82, 2.24) is 10.5 Å². The molecule has 0 unspecified atom stereocenters. The van der Waals surface area contributed by atoms with Gasteiger partial charge in [0.1, 0.15) is 0 Å². The topological polar surface area (TPSA) is 83.1 Å². The van der Waals surface area contributed by atoms with E-state index in [1.54, 1.807) is 24.4 Å². The quantitative estimate of drug-likeness (QED) is 0.589. The SMILES string of the molecule is NC(=O)C1=C2N=NNN2C=CC=C1. The van der Waals surface area contributed by atoms with Crippen molar-refractivity contribution in [2.45, 2.75) is 0 Å². The van der Waals surface area contributed by atoms with Gasteiger partial charge in [-0.05, 0) is 12.2 Å². The van der Waals surface area contributed by atoms with Gasteiger partial charge in [0.25, 0.3) is 5.91 Å². The Morgan fingerprint density at radius 1 is 1.54 bits per heavy atom. The Kier molecular flexibility index (Phi) is 1.59. The fraction of sp³-hybridized carbons (Fsp3) is 0. The van der Waals surface area contributed by atoms with Crippen LogP contribution in [0.3, 0.4) is 0 Å². The van der Waals surface area contributed by atoms with Crippen molar-refractivity contribution in [3.63, 3.8) is 0 Å². The maximum atomic E-state index is 11.0. The van der Waals surface area contributed by atoms with Gasteiger partial charge in [0, 0.05) is 6.20 Å². The molecular formula is C7H7N5O. The normalized spacial score (nSPS) is 18.6. The van der Waals surface area contributed by atoms with E-state index in [0.29, 0.717) is 11.4 Å². The van der Waals surface area contributed by atoms with E-state index in [4.69, 9.17) is 5.73 Å². The van der Waals surface area contributed by atoms with Crippen molar-refractivity contribution in [3.05, 3.63) is 35.8 Å². The van der Waals surface area contributed by atoms with Crippen LogP contribution in [0.25, 0.3) is 0 Å². The van der Waals surface area contributed by atoms with Crippen LogP contribution in [-0.2, 0) is 4.79 Å². The first kappa shape index (κ1) is 7.53. The predicted molar refractivity (Wildman–Crippen MR) is 44.3 cm³/mol. The highest BCUT2D eigenvalue weighted by molar-refractivity contribution is 5.95. The van der Waals surface area contributed by atoms with E-state index in [1.165, 1.54) is 5.01 Å². The van der Waals surface area contributed by atoms with Crippen LogP contribution in [0.5, 0.6) is 0 Å². The number of nitrogens with two attached hydrogens (primary N) is 1. The fourth-order valence-corrected chi connectivity index (χ4v) is 1.06. The summed E-state index contributed by atoms with van der Waals surface area (Å²) in [6, 6.07) is 0. The molecule has 0 saturated heterocycles. The van der Waals surface area contributed by atoms with Gasteiger partial charge in [0.05, 0.1) is 5.57 Å². The molecule has 3 N–H and O–H groups in total. The summed E-state index contributed by atoms with van der Waals surface area (Å²) in [5, 5.41) is 8.80. The molecule has 66 valence electrons. The van der Waals surface area contributed by atoms with E-state index in [9.17, 15) is 4.79 Å². The maximum absolute atomic E-state index is 11.0. The number of hydrogen-bond donors (Lipinski definition) is 2. The smallest absolute Gasteiger partial charge is 0.252 e. The summed E-state index contributed by atoms with van der Waals surface area (Å²) in [7, 11) is 0. The lowest BCUT2D eigenvalue weighted by Gasteiger charge is -2.10. The first-order valence-electron chi connectivity index (χ1n) is 3.63. The van der Waals surface area contributed by atoms with Crippen molar-refractivity contribution in [2.75, 3.05) is 0 Å². The van der Waals surface area contributed by atoms with Crippen LogP contribution < -0.4 is 11.3 Å². The molecule has 1 amide bonds. The molecule has 0 aromatic heterocycles. The van der Waals surface area contributed by atoms with Gasteiger partial charge in [-0.25, -0.2) is 5.01 Å². The van der Waals surface area contributed by atoms with Crippen molar-refractivity contribution in [1.29, 1.82) is 0 Å². The molecule has 2 heterocycles. The molecule has 0 saturated carbocycles. The first-order chi connectivity index (χ1) is 6.29. The minimum atomic E-state index is -0.525. The Bertz CT molecular complexity index is 365. The number of nitrogens with one attached hydrogen (secondary N) is 1. The van der Waals surface area contributed by atoms with Gasteiger partial charge in [-0.2, -0.15) is 5.53 Å². The largest absolute Gasteiger partial charge is 0.365 e. The molecule has 6 heteroatoms. The van der Waals surface area contributed by atoms with Crippen LogP contribution in [0, 0.1) is 0 Å². The minimum Gasteiger partial charge on any atom is -0.365 e. The summed E-state index contributed by atoms with van der Waals surface area (Å²) in [4.78, 5) is 11.0. The Morgan fingerprint density at radius 2 is 2.38 bits per heavy atom. The zero-order chi connectivity index (χ0) is 9.26. The van der Waals surface area contributed by atoms with E-state index in [0.717, 1.165) is 0 Å². The Labute approximate surface area is 74.0 Å². The lowest BCUT2D eigenvalue weighted by atomic mass is 10.2. The Balaban J connectivity index is 2.50. The summed E-state index contributed by atoms with van der Waals surface area (Å²) < 4.78 is 0. The average Bonchev–Trinajstić information content (AvgIpc) is 2.44. The third-order valence-corrected chi connectivity index (χ3v) is 1.64. The number of hydrazine groups is 1. The molecule has 6 nitrogen and oxygen atoms in total. The van der Waals surface area contributed by atoms with Crippen LogP contribution in [0.1, 0.15) is 0 Å². The molecule has 2 rings (SSSR count). The highest BCUT2D eigenvalue weighted by Gasteiger charge is 2.20. The zero-order valence-corrected chi connectivity index (χ0v) is 6.64.